The molecule has 2 rings (SSSR count). The molecule has 0 aliphatic rings. The number of nitrogens with zero attached hydrogens (tertiary/aromatic N) is 2. The maximum Gasteiger partial charge on any atom is 0.226 e. The van der Waals surface area contributed by atoms with Gasteiger partial charge in [0.2, 0.25) is 11.8 Å². The quantitative estimate of drug-likeness (QED) is 0.791. The van der Waals surface area contributed by atoms with Crippen molar-refractivity contribution in [2.75, 3.05) is 17.6 Å². The van der Waals surface area contributed by atoms with E-state index in [0.29, 0.717) is 11.7 Å². The number of benzene rings is 1. The van der Waals surface area contributed by atoms with Crippen LogP contribution in [0.15, 0.2) is 30.3 Å². The minimum absolute atomic E-state index is 0.196. The molecule has 1 aromatic carbocycles. The van der Waals surface area contributed by atoms with Gasteiger partial charge in [0.1, 0.15) is 11.6 Å². The van der Waals surface area contributed by atoms with Gasteiger partial charge >= 0.3 is 0 Å². The summed E-state index contributed by atoms with van der Waals surface area (Å²) in [6.45, 7) is 2.92. The molecule has 0 spiro atoms. The average molecular weight is 370 g/mol. The van der Waals surface area contributed by atoms with Crippen molar-refractivity contribution in [2.45, 2.75) is 13.3 Å². The molecule has 0 aliphatic carbocycles. The monoisotopic (exact) mass is 370 g/mol. The summed E-state index contributed by atoms with van der Waals surface area (Å²) in [4.78, 5) is 8.16. The molecule has 0 radical (unpaired) electrons. The molecular formula is C13H15IN4O. The summed E-state index contributed by atoms with van der Waals surface area (Å²) < 4.78 is 6.81. The van der Waals surface area contributed by atoms with Gasteiger partial charge in [0.15, 0.2) is 0 Å². The molecule has 0 saturated carbocycles. The normalized spacial score (nSPS) is 10.2. The number of halogens is 1. The fourth-order valence-corrected chi connectivity index (χ4v) is 1.82. The molecule has 1 heterocycles. The second-order valence-electron chi connectivity index (χ2n) is 3.93. The van der Waals surface area contributed by atoms with Gasteiger partial charge in [0.25, 0.3) is 0 Å². The summed E-state index contributed by atoms with van der Waals surface area (Å²) in [5.41, 5.74) is 5.67. The van der Waals surface area contributed by atoms with Gasteiger partial charge in [-0.3, -0.25) is 0 Å². The lowest BCUT2D eigenvalue weighted by Crippen LogP contribution is -2.05. The van der Waals surface area contributed by atoms with Crippen molar-refractivity contribution in [3.05, 3.63) is 33.9 Å². The number of nitrogens with two attached hydrogens (primary N) is 1. The SMILES string of the molecule is CCCNc1cc(Oc2ccc(I)cc2)nc(N)n1. The van der Waals surface area contributed by atoms with Gasteiger partial charge < -0.3 is 15.8 Å². The Hall–Kier alpha value is -1.57. The van der Waals surface area contributed by atoms with Gasteiger partial charge in [0.05, 0.1) is 0 Å². The van der Waals surface area contributed by atoms with Crippen LogP contribution < -0.4 is 15.8 Å². The minimum Gasteiger partial charge on any atom is -0.439 e. The second-order valence-corrected chi connectivity index (χ2v) is 5.18. The summed E-state index contributed by atoms with van der Waals surface area (Å²) in [5, 5.41) is 3.16. The Bertz CT molecular complexity index is 545. The Morgan fingerprint density at radius 3 is 2.68 bits per heavy atom. The zero-order chi connectivity index (χ0) is 13.7. The van der Waals surface area contributed by atoms with Crippen LogP contribution in [0.4, 0.5) is 11.8 Å². The van der Waals surface area contributed by atoms with Crippen molar-refractivity contribution >= 4 is 34.4 Å². The third-order valence-electron chi connectivity index (χ3n) is 2.31. The van der Waals surface area contributed by atoms with Gasteiger partial charge in [0, 0.05) is 16.2 Å². The van der Waals surface area contributed by atoms with E-state index in [0.717, 1.165) is 22.3 Å². The number of hydrogen-bond acceptors (Lipinski definition) is 5. The third-order valence-corrected chi connectivity index (χ3v) is 3.03. The van der Waals surface area contributed by atoms with Crippen molar-refractivity contribution < 1.29 is 4.74 Å². The molecule has 0 saturated heterocycles. The van der Waals surface area contributed by atoms with E-state index < -0.39 is 0 Å². The first-order valence-electron chi connectivity index (χ1n) is 5.99. The van der Waals surface area contributed by atoms with E-state index in [2.05, 4.69) is 44.8 Å². The molecule has 0 fully saturated rings. The Labute approximate surface area is 125 Å². The third kappa shape index (κ3) is 4.23. The first kappa shape index (κ1) is 13.9. The molecule has 100 valence electrons. The zero-order valence-electron chi connectivity index (χ0n) is 10.6. The van der Waals surface area contributed by atoms with Gasteiger partial charge in [-0.1, -0.05) is 6.92 Å². The van der Waals surface area contributed by atoms with E-state index in [1.807, 2.05) is 24.3 Å². The van der Waals surface area contributed by atoms with Crippen molar-refractivity contribution in [3.8, 4) is 11.6 Å². The van der Waals surface area contributed by atoms with Crippen LogP contribution in [0.3, 0.4) is 0 Å². The summed E-state index contributed by atoms with van der Waals surface area (Å²) in [5.74, 6) is 2.03. The van der Waals surface area contributed by atoms with Crippen LogP contribution in [-0.2, 0) is 0 Å². The number of aromatic nitrogens is 2. The van der Waals surface area contributed by atoms with Crippen molar-refractivity contribution in [2.24, 2.45) is 0 Å². The molecule has 0 atom stereocenters. The highest BCUT2D eigenvalue weighted by Crippen LogP contribution is 2.23. The van der Waals surface area contributed by atoms with E-state index >= 15 is 0 Å². The molecule has 2 aromatic rings. The molecule has 3 N–H and O–H groups in total. The van der Waals surface area contributed by atoms with E-state index in [-0.39, 0.29) is 5.95 Å². The first-order valence-corrected chi connectivity index (χ1v) is 7.07. The molecule has 0 bridgehead atoms. The van der Waals surface area contributed by atoms with Gasteiger partial charge in [-0.05, 0) is 53.3 Å². The summed E-state index contributed by atoms with van der Waals surface area (Å²) in [7, 11) is 0. The van der Waals surface area contributed by atoms with Gasteiger partial charge in [-0.25, -0.2) is 0 Å². The van der Waals surface area contributed by atoms with Crippen LogP contribution in [0.5, 0.6) is 11.6 Å². The van der Waals surface area contributed by atoms with Crippen molar-refractivity contribution in [1.29, 1.82) is 0 Å². The lowest BCUT2D eigenvalue weighted by Gasteiger charge is -2.08. The predicted octanol–water partition coefficient (Wildman–Crippen LogP) is 3.28. The second kappa shape index (κ2) is 6.55. The Kier molecular flexibility index (Phi) is 4.78. The number of ether oxygens (including phenoxy) is 1. The fourth-order valence-electron chi connectivity index (χ4n) is 1.46. The van der Waals surface area contributed by atoms with Gasteiger partial charge in [-0.2, -0.15) is 9.97 Å². The standard InChI is InChI=1S/C13H15IN4O/c1-2-7-16-11-8-12(18-13(15)17-11)19-10-5-3-9(14)4-6-10/h3-6,8H,2,7H2,1H3,(H3,15,16,17,18). The smallest absolute Gasteiger partial charge is 0.226 e. The van der Waals surface area contributed by atoms with E-state index in [9.17, 15) is 0 Å². The summed E-state index contributed by atoms with van der Waals surface area (Å²) >= 11 is 2.24. The summed E-state index contributed by atoms with van der Waals surface area (Å²) in [6, 6.07) is 9.45. The first-order chi connectivity index (χ1) is 9.17. The number of anilines is 2. The lowest BCUT2D eigenvalue weighted by molar-refractivity contribution is 0.463. The molecule has 19 heavy (non-hydrogen) atoms. The Balaban J connectivity index is 2.15. The fraction of sp³-hybridized carbons (Fsp3) is 0.231. The maximum atomic E-state index is 5.67. The topological polar surface area (TPSA) is 73.1 Å². The van der Waals surface area contributed by atoms with Crippen LogP contribution >= 0.6 is 22.6 Å². The van der Waals surface area contributed by atoms with Crippen LogP contribution in [0.1, 0.15) is 13.3 Å². The largest absolute Gasteiger partial charge is 0.439 e. The highest BCUT2D eigenvalue weighted by Gasteiger charge is 2.04. The van der Waals surface area contributed by atoms with Crippen LogP contribution in [-0.4, -0.2) is 16.5 Å². The molecular weight excluding hydrogens is 355 g/mol. The molecule has 0 unspecified atom stereocenters. The van der Waals surface area contributed by atoms with Crippen molar-refractivity contribution in [3.63, 3.8) is 0 Å². The molecule has 0 aliphatic heterocycles. The zero-order valence-corrected chi connectivity index (χ0v) is 12.7. The number of hydrogen-bond donors (Lipinski definition) is 2. The van der Waals surface area contributed by atoms with Crippen LogP contribution in [0, 0.1) is 3.57 Å². The Morgan fingerprint density at radius 1 is 1.26 bits per heavy atom. The maximum absolute atomic E-state index is 5.67. The Morgan fingerprint density at radius 2 is 2.00 bits per heavy atom. The van der Waals surface area contributed by atoms with Crippen LogP contribution in [0.25, 0.3) is 0 Å². The highest BCUT2D eigenvalue weighted by molar-refractivity contribution is 14.1. The van der Waals surface area contributed by atoms with Gasteiger partial charge in [-0.15, -0.1) is 0 Å². The average Bonchev–Trinajstić information content (AvgIpc) is 2.38. The number of nitrogens with one attached hydrogen (secondary N) is 1. The number of nitrogen functional groups attached to an aromatic ring is 1. The highest BCUT2D eigenvalue weighted by atomic mass is 127. The van der Waals surface area contributed by atoms with Crippen molar-refractivity contribution in [1.82, 2.24) is 9.97 Å². The van der Waals surface area contributed by atoms with E-state index in [1.165, 1.54) is 0 Å². The molecule has 0 amide bonds. The summed E-state index contributed by atoms with van der Waals surface area (Å²) in [6.07, 6.45) is 1.01. The lowest BCUT2D eigenvalue weighted by atomic mass is 10.3. The molecule has 1 aromatic heterocycles. The predicted molar refractivity (Wildman–Crippen MR) is 84.5 cm³/mol. The molecule has 6 heteroatoms. The number of rotatable bonds is 5. The van der Waals surface area contributed by atoms with E-state index in [1.54, 1.807) is 6.07 Å². The molecule has 5 nitrogen and oxygen atoms in total. The van der Waals surface area contributed by atoms with E-state index in [4.69, 9.17) is 10.5 Å². The minimum atomic E-state index is 0.196. The van der Waals surface area contributed by atoms with Crippen LogP contribution in [0.2, 0.25) is 0 Å².